The average molecular weight is 334 g/mol. The van der Waals surface area contributed by atoms with Crippen LogP contribution in [-0.4, -0.2) is 53.2 Å². The number of hydrogen-bond acceptors (Lipinski definition) is 5. The lowest BCUT2D eigenvalue weighted by atomic mass is 10.1. The number of carbonyl (C=O) groups is 1. The molecule has 1 aliphatic heterocycles. The maximum atomic E-state index is 12.5. The first-order chi connectivity index (χ1) is 11.8. The number of aromatic nitrogens is 2. The second-order valence-corrected chi connectivity index (χ2v) is 6.48. The molecule has 1 aromatic rings. The normalized spacial score (nSPS) is 22.0. The van der Waals surface area contributed by atoms with Crippen LogP contribution in [0.1, 0.15) is 44.9 Å². The summed E-state index contributed by atoms with van der Waals surface area (Å²) >= 11 is 0. The Morgan fingerprint density at radius 2 is 1.83 bits per heavy atom. The van der Waals surface area contributed by atoms with E-state index in [0.29, 0.717) is 30.9 Å². The standard InChI is InChI=1S/C17H26N4O3/c1-23-15-16(19-10-9-18-15)24-14-8-11-21(12-14)17(22)20-13-6-4-2-3-5-7-13/h9-10,13-14H,2-8,11-12H2,1H3,(H,20,22). The molecule has 1 saturated carbocycles. The molecule has 1 unspecified atom stereocenters. The zero-order chi connectivity index (χ0) is 16.8. The Kier molecular flexibility index (Phi) is 5.72. The van der Waals surface area contributed by atoms with Crippen LogP contribution in [0.3, 0.4) is 0 Å². The molecule has 7 heteroatoms. The van der Waals surface area contributed by atoms with Crippen LogP contribution in [0.2, 0.25) is 0 Å². The maximum Gasteiger partial charge on any atom is 0.317 e. The minimum atomic E-state index is -0.0736. The van der Waals surface area contributed by atoms with Gasteiger partial charge in [-0.1, -0.05) is 25.7 Å². The number of rotatable bonds is 4. The van der Waals surface area contributed by atoms with Gasteiger partial charge in [-0.05, 0) is 12.8 Å². The van der Waals surface area contributed by atoms with E-state index in [1.54, 1.807) is 12.4 Å². The van der Waals surface area contributed by atoms with Gasteiger partial charge in [0.05, 0.1) is 13.7 Å². The van der Waals surface area contributed by atoms with E-state index in [2.05, 4.69) is 15.3 Å². The Morgan fingerprint density at radius 1 is 1.12 bits per heavy atom. The molecule has 0 bridgehead atoms. The van der Waals surface area contributed by atoms with Crippen molar-refractivity contribution in [3.63, 3.8) is 0 Å². The van der Waals surface area contributed by atoms with Gasteiger partial charge in [-0.15, -0.1) is 0 Å². The number of likely N-dealkylation sites (tertiary alicyclic amines) is 1. The van der Waals surface area contributed by atoms with Gasteiger partial charge in [-0.2, -0.15) is 0 Å². The molecule has 0 radical (unpaired) electrons. The summed E-state index contributed by atoms with van der Waals surface area (Å²) in [5.74, 6) is 0.759. The molecule has 7 nitrogen and oxygen atoms in total. The monoisotopic (exact) mass is 334 g/mol. The predicted molar refractivity (Wildman–Crippen MR) is 89.2 cm³/mol. The van der Waals surface area contributed by atoms with E-state index in [9.17, 15) is 4.79 Å². The summed E-state index contributed by atoms with van der Waals surface area (Å²) in [4.78, 5) is 22.5. The molecule has 24 heavy (non-hydrogen) atoms. The number of nitrogens with one attached hydrogen (secondary N) is 1. The number of hydrogen-bond donors (Lipinski definition) is 1. The van der Waals surface area contributed by atoms with Crippen LogP contribution in [0.4, 0.5) is 4.79 Å². The summed E-state index contributed by atoms with van der Waals surface area (Å²) in [5, 5.41) is 3.19. The second kappa shape index (κ2) is 8.17. The summed E-state index contributed by atoms with van der Waals surface area (Å²) in [7, 11) is 1.54. The first-order valence-corrected chi connectivity index (χ1v) is 8.83. The quantitative estimate of drug-likeness (QED) is 0.856. The lowest BCUT2D eigenvalue weighted by Gasteiger charge is -2.22. The van der Waals surface area contributed by atoms with Gasteiger partial charge in [-0.3, -0.25) is 0 Å². The van der Waals surface area contributed by atoms with Crippen LogP contribution in [0.15, 0.2) is 12.4 Å². The molecule has 2 aliphatic rings. The third-order valence-corrected chi connectivity index (χ3v) is 4.72. The molecular formula is C17H26N4O3. The van der Waals surface area contributed by atoms with E-state index in [1.807, 2.05) is 4.90 Å². The Bertz CT molecular complexity index is 546. The van der Waals surface area contributed by atoms with Gasteiger partial charge in [-0.25, -0.2) is 14.8 Å². The SMILES string of the molecule is COc1nccnc1OC1CCN(C(=O)NC2CCCCCC2)C1. The lowest BCUT2D eigenvalue weighted by Crippen LogP contribution is -2.44. The zero-order valence-corrected chi connectivity index (χ0v) is 14.2. The van der Waals surface area contributed by atoms with Crippen LogP contribution in [0.25, 0.3) is 0 Å². The number of urea groups is 1. The van der Waals surface area contributed by atoms with Gasteiger partial charge in [0.15, 0.2) is 0 Å². The highest BCUT2D eigenvalue weighted by Gasteiger charge is 2.30. The highest BCUT2D eigenvalue weighted by atomic mass is 16.5. The van der Waals surface area contributed by atoms with Crippen LogP contribution < -0.4 is 14.8 Å². The molecular weight excluding hydrogens is 308 g/mol. The van der Waals surface area contributed by atoms with Gasteiger partial charge in [0.25, 0.3) is 11.8 Å². The van der Waals surface area contributed by atoms with Crippen molar-refractivity contribution in [2.24, 2.45) is 0 Å². The molecule has 1 aliphatic carbocycles. The van der Waals surface area contributed by atoms with Gasteiger partial charge in [0.1, 0.15) is 6.10 Å². The van der Waals surface area contributed by atoms with Crippen LogP contribution in [-0.2, 0) is 0 Å². The topological polar surface area (TPSA) is 76.6 Å². The Labute approximate surface area is 142 Å². The van der Waals surface area contributed by atoms with Gasteiger partial charge in [0.2, 0.25) is 0 Å². The highest BCUT2D eigenvalue weighted by Crippen LogP contribution is 2.24. The lowest BCUT2D eigenvalue weighted by molar-refractivity contribution is 0.175. The third kappa shape index (κ3) is 4.27. The number of amides is 2. The first-order valence-electron chi connectivity index (χ1n) is 8.83. The summed E-state index contributed by atoms with van der Waals surface area (Å²) in [6.07, 6.45) is 11.0. The number of methoxy groups -OCH3 is 1. The molecule has 2 amide bonds. The molecule has 3 rings (SSSR count). The van der Waals surface area contributed by atoms with Crippen molar-refractivity contribution < 1.29 is 14.3 Å². The largest absolute Gasteiger partial charge is 0.477 e. The predicted octanol–water partition coefficient (Wildman–Crippen LogP) is 2.37. The highest BCUT2D eigenvalue weighted by molar-refractivity contribution is 5.74. The fourth-order valence-electron chi connectivity index (χ4n) is 3.39. The van der Waals surface area contributed by atoms with Gasteiger partial charge >= 0.3 is 6.03 Å². The van der Waals surface area contributed by atoms with Crippen molar-refractivity contribution in [1.82, 2.24) is 20.2 Å². The van der Waals surface area contributed by atoms with E-state index in [0.717, 1.165) is 19.3 Å². The van der Waals surface area contributed by atoms with Crippen molar-refractivity contribution in [3.8, 4) is 11.8 Å². The van der Waals surface area contributed by atoms with E-state index >= 15 is 0 Å². The number of carbonyl (C=O) groups excluding carboxylic acids is 1. The van der Waals surface area contributed by atoms with Crippen LogP contribution >= 0.6 is 0 Å². The van der Waals surface area contributed by atoms with Crippen molar-refractivity contribution in [2.75, 3.05) is 20.2 Å². The summed E-state index contributed by atoms with van der Waals surface area (Å²) in [6, 6.07) is 0.346. The zero-order valence-electron chi connectivity index (χ0n) is 14.2. The molecule has 1 N–H and O–H groups in total. The van der Waals surface area contributed by atoms with E-state index in [-0.39, 0.29) is 12.1 Å². The fraction of sp³-hybridized carbons (Fsp3) is 0.706. The molecule has 2 heterocycles. The molecule has 0 aromatic carbocycles. The molecule has 132 valence electrons. The number of nitrogens with zero attached hydrogens (tertiary/aromatic N) is 3. The Morgan fingerprint density at radius 3 is 2.54 bits per heavy atom. The van der Waals surface area contributed by atoms with Gasteiger partial charge < -0.3 is 19.7 Å². The number of ether oxygens (including phenoxy) is 2. The second-order valence-electron chi connectivity index (χ2n) is 6.48. The molecule has 1 aromatic heterocycles. The van der Waals surface area contributed by atoms with E-state index in [1.165, 1.54) is 32.8 Å². The van der Waals surface area contributed by atoms with E-state index in [4.69, 9.17) is 9.47 Å². The van der Waals surface area contributed by atoms with Crippen LogP contribution in [0.5, 0.6) is 11.8 Å². The summed E-state index contributed by atoms with van der Waals surface area (Å²) in [6.45, 7) is 1.27. The van der Waals surface area contributed by atoms with Crippen molar-refractivity contribution in [2.45, 2.75) is 57.1 Å². The van der Waals surface area contributed by atoms with Crippen molar-refractivity contribution >= 4 is 6.03 Å². The molecule has 1 saturated heterocycles. The minimum Gasteiger partial charge on any atom is -0.477 e. The van der Waals surface area contributed by atoms with Crippen LogP contribution in [0, 0.1) is 0 Å². The molecule has 0 spiro atoms. The fourth-order valence-corrected chi connectivity index (χ4v) is 3.39. The maximum absolute atomic E-state index is 12.5. The third-order valence-electron chi connectivity index (χ3n) is 4.72. The average Bonchev–Trinajstić information content (AvgIpc) is 2.92. The molecule has 1 atom stereocenters. The Hall–Kier alpha value is -2.05. The Balaban J connectivity index is 1.50. The first kappa shape index (κ1) is 16.8. The minimum absolute atomic E-state index is 0.0270. The van der Waals surface area contributed by atoms with Gasteiger partial charge in [0, 0.05) is 31.4 Å². The van der Waals surface area contributed by atoms with Crippen molar-refractivity contribution in [1.29, 1.82) is 0 Å². The van der Waals surface area contributed by atoms with Crippen molar-refractivity contribution in [3.05, 3.63) is 12.4 Å². The smallest absolute Gasteiger partial charge is 0.317 e. The summed E-state index contributed by atoms with van der Waals surface area (Å²) in [5.41, 5.74) is 0. The molecule has 2 fully saturated rings. The van der Waals surface area contributed by atoms with E-state index < -0.39 is 0 Å². The summed E-state index contributed by atoms with van der Waals surface area (Å²) < 4.78 is 11.0.